The maximum absolute atomic E-state index is 11.5. The summed E-state index contributed by atoms with van der Waals surface area (Å²) in [7, 11) is -3.65. The number of benzene rings is 1. The average molecular weight is 491 g/mol. The molecule has 4 heterocycles. The molecule has 3 unspecified atom stereocenters. The summed E-state index contributed by atoms with van der Waals surface area (Å²) in [6.45, 7) is 5.50. The summed E-state index contributed by atoms with van der Waals surface area (Å²) < 4.78 is 54.1. The van der Waals surface area contributed by atoms with E-state index in [1.54, 1.807) is 31.7 Å². The van der Waals surface area contributed by atoms with Crippen molar-refractivity contribution in [3.8, 4) is 5.88 Å². The summed E-state index contributed by atoms with van der Waals surface area (Å²) in [4.78, 5) is 13.5. The second-order valence-electron chi connectivity index (χ2n) is 8.79. The van der Waals surface area contributed by atoms with Crippen LogP contribution in [-0.2, 0) is 35.1 Å². The molecule has 182 valence electrons. The summed E-state index contributed by atoms with van der Waals surface area (Å²) in [6, 6.07) is 9.76. The van der Waals surface area contributed by atoms with Gasteiger partial charge in [0.15, 0.2) is 23.2 Å². The lowest BCUT2D eigenvalue weighted by Crippen LogP contribution is -2.33. The Hall–Kier alpha value is -2.64. The molecule has 0 saturated carbocycles. The number of aromatic nitrogens is 4. The minimum atomic E-state index is -3.65. The van der Waals surface area contributed by atoms with Crippen LogP contribution in [0.25, 0.3) is 11.2 Å². The zero-order valence-corrected chi connectivity index (χ0v) is 20.1. The topological polar surface area (TPSA) is 124 Å². The van der Waals surface area contributed by atoms with Crippen molar-refractivity contribution < 1.29 is 31.5 Å². The van der Waals surface area contributed by atoms with E-state index in [1.165, 1.54) is 0 Å². The zero-order chi connectivity index (χ0) is 24.1. The molecule has 0 spiro atoms. The Kier molecular flexibility index (Phi) is 5.81. The van der Waals surface area contributed by atoms with E-state index in [-0.39, 0.29) is 6.61 Å². The highest BCUT2D eigenvalue weighted by molar-refractivity contribution is 7.85. The molecule has 11 nitrogen and oxygen atoms in total. The molecule has 2 fully saturated rings. The molecule has 0 amide bonds. The first-order chi connectivity index (χ1) is 16.1. The van der Waals surface area contributed by atoms with E-state index in [4.69, 9.17) is 23.1 Å². The van der Waals surface area contributed by atoms with Crippen molar-refractivity contribution in [3.05, 3.63) is 48.0 Å². The van der Waals surface area contributed by atoms with Crippen LogP contribution in [0, 0.1) is 6.92 Å². The van der Waals surface area contributed by atoms with E-state index in [0.29, 0.717) is 29.5 Å². The number of nitrogens with zero attached hydrogens (tertiary/aromatic N) is 4. The van der Waals surface area contributed by atoms with E-state index in [2.05, 4.69) is 15.0 Å². The van der Waals surface area contributed by atoms with Crippen molar-refractivity contribution >= 4 is 21.3 Å². The van der Waals surface area contributed by atoms with Crippen LogP contribution in [-0.4, -0.2) is 64.9 Å². The Morgan fingerprint density at radius 2 is 1.85 bits per heavy atom. The van der Waals surface area contributed by atoms with Gasteiger partial charge >= 0.3 is 0 Å². The fraction of sp³-hybridized carbons (Fsp3) is 0.500. The van der Waals surface area contributed by atoms with Gasteiger partial charge in [-0.15, -0.1) is 0 Å². The summed E-state index contributed by atoms with van der Waals surface area (Å²) in [5.41, 5.74) is 1.99. The van der Waals surface area contributed by atoms with Gasteiger partial charge in [-0.1, -0.05) is 30.3 Å². The van der Waals surface area contributed by atoms with Crippen molar-refractivity contribution in [2.75, 3.05) is 12.9 Å². The normalized spacial score (nSPS) is 26.1. The van der Waals surface area contributed by atoms with Gasteiger partial charge in [-0.25, -0.2) is 9.97 Å². The van der Waals surface area contributed by atoms with Crippen molar-refractivity contribution in [1.29, 1.82) is 0 Å². The van der Waals surface area contributed by atoms with Gasteiger partial charge in [-0.2, -0.15) is 13.4 Å². The molecule has 2 aromatic heterocycles. The van der Waals surface area contributed by atoms with Crippen LogP contribution in [0.5, 0.6) is 5.88 Å². The fourth-order valence-electron chi connectivity index (χ4n) is 4.22. The lowest BCUT2D eigenvalue weighted by Gasteiger charge is -2.24. The van der Waals surface area contributed by atoms with Crippen molar-refractivity contribution in [2.45, 2.75) is 57.7 Å². The number of rotatable bonds is 7. The van der Waals surface area contributed by atoms with Gasteiger partial charge in [-0.3, -0.25) is 8.75 Å². The third-order valence-corrected chi connectivity index (χ3v) is 6.13. The van der Waals surface area contributed by atoms with Gasteiger partial charge in [-0.05, 0) is 26.3 Å². The molecule has 4 atom stereocenters. The van der Waals surface area contributed by atoms with Crippen LogP contribution >= 0.6 is 0 Å². The molecule has 2 aliphatic rings. The first-order valence-corrected chi connectivity index (χ1v) is 12.6. The summed E-state index contributed by atoms with van der Waals surface area (Å²) in [6.07, 6.45) is 0.194. The largest absolute Gasteiger partial charge is 0.471 e. The number of hydrogen-bond donors (Lipinski definition) is 0. The molecule has 12 heteroatoms. The number of hydrogen-bond acceptors (Lipinski definition) is 10. The number of ether oxygens (including phenoxy) is 4. The maximum atomic E-state index is 11.5. The van der Waals surface area contributed by atoms with Gasteiger partial charge in [0.05, 0.1) is 19.2 Å². The van der Waals surface area contributed by atoms with Crippen LogP contribution in [0.15, 0.2) is 36.7 Å². The van der Waals surface area contributed by atoms with Crippen LogP contribution in [0.1, 0.15) is 31.5 Å². The molecule has 2 aliphatic heterocycles. The summed E-state index contributed by atoms with van der Waals surface area (Å²) in [5, 5.41) is 0. The van der Waals surface area contributed by atoms with Gasteiger partial charge < -0.3 is 18.9 Å². The first kappa shape index (κ1) is 23.1. The Bertz CT molecular complexity index is 1300. The standard InChI is InChI=1S/C22H26N4O7S/c1-13-24-19-16(20(25-13)29-10-14-8-6-5-7-9-14)23-12-26(19)21-18-17(32-22(2,3)33-18)15(31-21)11-30-34(4,27)28/h5-9,12,15,17-18,21H,10-11H2,1-4H3/t15-,17?,18?,21?/m1/s1. The lowest BCUT2D eigenvalue weighted by atomic mass is 10.1. The van der Waals surface area contributed by atoms with Crippen LogP contribution in [0.2, 0.25) is 0 Å². The summed E-state index contributed by atoms with van der Waals surface area (Å²) >= 11 is 0. The first-order valence-electron chi connectivity index (χ1n) is 10.8. The Morgan fingerprint density at radius 3 is 2.59 bits per heavy atom. The maximum Gasteiger partial charge on any atom is 0.264 e. The molecule has 34 heavy (non-hydrogen) atoms. The van der Waals surface area contributed by atoms with Crippen molar-refractivity contribution in [3.63, 3.8) is 0 Å². The SMILES string of the molecule is Cc1nc(OCc2ccccc2)c2ncn(C3O[C@H](COS(C)(=O)=O)C4OC(C)(C)OC43)c2n1. The zero-order valence-electron chi connectivity index (χ0n) is 19.2. The van der Waals surface area contributed by atoms with Gasteiger partial charge in [0.25, 0.3) is 10.1 Å². The third-order valence-electron chi connectivity index (χ3n) is 5.57. The second kappa shape index (κ2) is 8.54. The highest BCUT2D eigenvalue weighted by Gasteiger charge is 2.56. The summed E-state index contributed by atoms with van der Waals surface area (Å²) in [5.74, 6) is -0.000336. The Morgan fingerprint density at radius 1 is 1.12 bits per heavy atom. The molecule has 3 aromatic rings. The monoisotopic (exact) mass is 490 g/mol. The highest BCUT2D eigenvalue weighted by Crippen LogP contribution is 2.44. The molecule has 0 aliphatic carbocycles. The number of imidazole rings is 1. The van der Waals surface area contributed by atoms with Crippen molar-refractivity contribution in [2.24, 2.45) is 0 Å². The minimum absolute atomic E-state index is 0.192. The lowest BCUT2D eigenvalue weighted by molar-refractivity contribution is -0.198. The van der Waals surface area contributed by atoms with Crippen molar-refractivity contribution in [1.82, 2.24) is 19.5 Å². The molecular formula is C22H26N4O7S. The molecular weight excluding hydrogens is 464 g/mol. The quantitative estimate of drug-likeness (QED) is 0.455. The minimum Gasteiger partial charge on any atom is -0.471 e. The Labute approximate surface area is 197 Å². The molecule has 5 rings (SSSR count). The molecule has 1 aromatic carbocycles. The Balaban J connectivity index is 1.45. The van der Waals surface area contributed by atoms with E-state index in [9.17, 15) is 8.42 Å². The van der Waals surface area contributed by atoms with Gasteiger partial charge in [0.1, 0.15) is 30.7 Å². The van der Waals surface area contributed by atoms with E-state index < -0.39 is 40.4 Å². The van der Waals surface area contributed by atoms with Crippen LogP contribution in [0.4, 0.5) is 0 Å². The smallest absolute Gasteiger partial charge is 0.264 e. The molecule has 0 bridgehead atoms. The predicted octanol–water partition coefficient (Wildman–Crippen LogP) is 2.11. The van der Waals surface area contributed by atoms with Gasteiger partial charge in [0.2, 0.25) is 5.88 Å². The second-order valence-corrected chi connectivity index (χ2v) is 10.4. The average Bonchev–Trinajstić information content (AvgIpc) is 3.41. The highest BCUT2D eigenvalue weighted by atomic mass is 32.2. The third kappa shape index (κ3) is 4.64. The van der Waals surface area contributed by atoms with E-state index in [0.717, 1.165) is 11.8 Å². The fourth-order valence-corrected chi connectivity index (χ4v) is 4.60. The van der Waals surface area contributed by atoms with Gasteiger partial charge in [0, 0.05) is 0 Å². The molecule has 0 radical (unpaired) electrons. The van der Waals surface area contributed by atoms with E-state index >= 15 is 0 Å². The number of fused-ring (bicyclic) bond motifs is 2. The molecule has 0 N–H and O–H groups in total. The van der Waals surface area contributed by atoms with Crippen LogP contribution < -0.4 is 4.74 Å². The molecule has 2 saturated heterocycles. The van der Waals surface area contributed by atoms with Crippen LogP contribution in [0.3, 0.4) is 0 Å². The van der Waals surface area contributed by atoms with E-state index in [1.807, 2.05) is 30.3 Å². The number of aryl methyl sites for hydroxylation is 1. The predicted molar refractivity (Wildman–Crippen MR) is 119 cm³/mol.